The van der Waals surface area contributed by atoms with Crippen molar-refractivity contribution in [3.63, 3.8) is 0 Å². The lowest BCUT2D eigenvalue weighted by molar-refractivity contribution is 0.0823. The summed E-state index contributed by atoms with van der Waals surface area (Å²) in [7, 11) is 0. The maximum Gasteiger partial charge on any atom is 0.128 e. The van der Waals surface area contributed by atoms with E-state index in [-0.39, 0.29) is 0 Å². The van der Waals surface area contributed by atoms with Crippen molar-refractivity contribution in [1.29, 1.82) is 0 Å². The molecule has 102 valence electrons. The lowest BCUT2D eigenvalue weighted by Gasteiger charge is -2.11. The third-order valence-corrected chi connectivity index (χ3v) is 2.70. The van der Waals surface area contributed by atoms with Crippen LogP contribution in [0.1, 0.15) is 13.8 Å². The van der Waals surface area contributed by atoms with Gasteiger partial charge in [-0.05, 0) is 30.2 Å². The second kappa shape index (κ2) is 6.38. The highest BCUT2D eigenvalue weighted by Crippen LogP contribution is 2.28. The van der Waals surface area contributed by atoms with Crippen LogP contribution in [-0.2, 0) is 4.74 Å². The number of ether oxygens (including phenoxy) is 2. The summed E-state index contributed by atoms with van der Waals surface area (Å²) in [5.74, 6) is 1.34. The van der Waals surface area contributed by atoms with Gasteiger partial charge in [0.1, 0.15) is 12.4 Å². The van der Waals surface area contributed by atoms with Gasteiger partial charge < -0.3 is 15.2 Å². The first-order valence-corrected chi connectivity index (χ1v) is 6.52. The van der Waals surface area contributed by atoms with Gasteiger partial charge in [-0.15, -0.1) is 0 Å². The van der Waals surface area contributed by atoms with Crippen molar-refractivity contribution in [1.82, 2.24) is 4.98 Å². The lowest BCUT2D eigenvalue weighted by Crippen LogP contribution is -2.10. The van der Waals surface area contributed by atoms with E-state index in [1.807, 2.05) is 24.3 Å². The number of anilines is 1. The molecule has 2 N–H and O–H groups in total. The highest BCUT2D eigenvalue weighted by Gasteiger charge is 2.05. The predicted octanol–water partition coefficient (Wildman–Crippen LogP) is 2.87. The number of nitrogens with two attached hydrogens (primary N) is 1. The molecule has 1 aromatic heterocycles. The van der Waals surface area contributed by atoms with Crippen LogP contribution in [0.5, 0.6) is 5.75 Å². The fraction of sp³-hybridized carbons (Fsp3) is 0.400. The predicted molar refractivity (Wildman–Crippen MR) is 77.3 cm³/mol. The second-order valence-electron chi connectivity index (χ2n) is 4.87. The first kappa shape index (κ1) is 13.6. The Balaban J connectivity index is 1.99. The SMILES string of the molecule is CC(C)COCCOc1ccc(N)c2ncccc12. The summed E-state index contributed by atoms with van der Waals surface area (Å²) < 4.78 is 11.2. The molecule has 0 spiro atoms. The topological polar surface area (TPSA) is 57.4 Å². The Labute approximate surface area is 113 Å². The van der Waals surface area contributed by atoms with Crippen LogP contribution in [0.25, 0.3) is 10.9 Å². The molecule has 2 aromatic rings. The quantitative estimate of drug-likeness (QED) is 0.641. The van der Waals surface area contributed by atoms with Gasteiger partial charge in [-0.3, -0.25) is 4.98 Å². The van der Waals surface area contributed by atoms with Crippen LogP contribution in [0.3, 0.4) is 0 Å². The molecule has 19 heavy (non-hydrogen) atoms. The molecule has 4 heteroatoms. The molecule has 0 aliphatic carbocycles. The average Bonchev–Trinajstić information content (AvgIpc) is 2.41. The zero-order chi connectivity index (χ0) is 13.7. The molecule has 0 fully saturated rings. The molecule has 0 saturated carbocycles. The molecule has 0 radical (unpaired) electrons. The van der Waals surface area contributed by atoms with Crippen LogP contribution in [0.15, 0.2) is 30.5 Å². The summed E-state index contributed by atoms with van der Waals surface area (Å²) in [5, 5.41) is 0.936. The van der Waals surface area contributed by atoms with Gasteiger partial charge in [-0.2, -0.15) is 0 Å². The van der Waals surface area contributed by atoms with Gasteiger partial charge in [0.15, 0.2) is 0 Å². The summed E-state index contributed by atoms with van der Waals surface area (Å²) in [4.78, 5) is 4.27. The van der Waals surface area contributed by atoms with Crippen LogP contribution in [0.2, 0.25) is 0 Å². The Kier molecular flexibility index (Phi) is 4.58. The van der Waals surface area contributed by atoms with E-state index < -0.39 is 0 Å². The molecule has 0 aliphatic heterocycles. The molecule has 0 amide bonds. The molecule has 1 aromatic carbocycles. The van der Waals surface area contributed by atoms with E-state index in [0.717, 1.165) is 23.3 Å². The summed E-state index contributed by atoms with van der Waals surface area (Å²) in [6.45, 7) is 6.12. The minimum Gasteiger partial charge on any atom is -0.490 e. The highest BCUT2D eigenvalue weighted by atomic mass is 16.5. The van der Waals surface area contributed by atoms with Crippen molar-refractivity contribution in [2.45, 2.75) is 13.8 Å². The monoisotopic (exact) mass is 260 g/mol. The molecule has 1 heterocycles. The van der Waals surface area contributed by atoms with Crippen LogP contribution < -0.4 is 10.5 Å². The molecule has 0 unspecified atom stereocenters. The number of fused-ring (bicyclic) bond motifs is 1. The molecular formula is C15H20N2O2. The molecule has 0 aliphatic rings. The van der Waals surface area contributed by atoms with Gasteiger partial charge in [0.05, 0.1) is 17.8 Å². The summed E-state index contributed by atoms with van der Waals surface area (Å²) in [6, 6.07) is 7.54. The molecule has 0 bridgehead atoms. The molecular weight excluding hydrogens is 240 g/mol. The second-order valence-corrected chi connectivity index (χ2v) is 4.87. The van der Waals surface area contributed by atoms with E-state index in [2.05, 4.69) is 18.8 Å². The Morgan fingerprint density at radius 1 is 1.21 bits per heavy atom. The van der Waals surface area contributed by atoms with Crippen molar-refractivity contribution in [3.8, 4) is 5.75 Å². The standard InChI is InChI=1S/C15H20N2O2/c1-11(2)10-18-8-9-19-14-6-5-13(16)15-12(14)4-3-7-17-15/h3-7,11H,8-10,16H2,1-2H3. The fourth-order valence-corrected chi connectivity index (χ4v) is 1.82. The van der Waals surface area contributed by atoms with Crippen molar-refractivity contribution in [3.05, 3.63) is 30.5 Å². The number of hydrogen-bond donors (Lipinski definition) is 1. The number of pyridine rings is 1. The van der Waals surface area contributed by atoms with Crippen molar-refractivity contribution < 1.29 is 9.47 Å². The number of nitrogens with zero attached hydrogens (tertiary/aromatic N) is 1. The van der Waals surface area contributed by atoms with Crippen molar-refractivity contribution >= 4 is 16.6 Å². The van der Waals surface area contributed by atoms with E-state index >= 15 is 0 Å². The first-order valence-electron chi connectivity index (χ1n) is 6.52. The maximum atomic E-state index is 5.89. The summed E-state index contributed by atoms with van der Waals surface area (Å²) in [6.07, 6.45) is 1.73. The van der Waals surface area contributed by atoms with E-state index in [9.17, 15) is 0 Å². The lowest BCUT2D eigenvalue weighted by atomic mass is 10.2. The largest absolute Gasteiger partial charge is 0.490 e. The molecule has 0 saturated heterocycles. The number of hydrogen-bond acceptors (Lipinski definition) is 4. The minimum atomic E-state index is 0.528. The number of rotatable bonds is 6. The highest BCUT2D eigenvalue weighted by molar-refractivity contribution is 5.93. The van der Waals surface area contributed by atoms with Gasteiger partial charge in [0.25, 0.3) is 0 Å². The maximum absolute atomic E-state index is 5.89. The van der Waals surface area contributed by atoms with Crippen LogP contribution in [0.4, 0.5) is 5.69 Å². The minimum absolute atomic E-state index is 0.528. The number of nitrogen functional groups attached to an aromatic ring is 1. The zero-order valence-electron chi connectivity index (χ0n) is 11.4. The third-order valence-electron chi connectivity index (χ3n) is 2.70. The van der Waals surface area contributed by atoms with Gasteiger partial charge in [-0.1, -0.05) is 13.8 Å². The number of aromatic nitrogens is 1. The van der Waals surface area contributed by atoms with Crippen molar-refractivity contribution in [2.24, 2.45) is 5.92 Å². The van der Waals surface area contributed by atoms with Gasteiger partial charge in [-0.25, -0.2) is 0 Å². The summed E-state index contributed by atoms with van der Waals surface area (Å²) in [5.41, 5.74) is 7.34. The molecule has 4 nitrogen and oxygen atoms in total. The Bertz CT molecular complexity index is 541. The van der Waals surface area contributed by atoms with Crippen LogP contribution >= 0.6 is 0 Å². The smallest absolute Gasteiger partial charge is 0.128 e. The van der Waals surface area contributed by atoms with Crippen LogP contribution in [0, 0.1) is 5.92 Å². The molecule has 2 rings (SSSR count). The van der Waals surface area contributed by atoms with Gasteiger partial charge in [0, 0.05) is 18.2 Å². The van der Waals surface area contributed by atoms with Gasteiger partial charge >= 0.3 is 0 Å². The first-order chi connectivity index (χ1) is 9.18. The third kappa shape index (κ3) is 3.58. The summed E-state index contributed by atoms with van der Waals surface area (Å²) >= 11 is 0. The van der Waals surface area contributed by atoms with Crippen molar-refractivity contribution in [2.75, 3.05) is 25.6 Å². The normalized spacial score (nSPS) is 11.1. The Morgan fingerprint density at radius 2 is 2.05 bits per heavy atom. The van der Waals surface area contributed by atoms with E-state index in [4.69, 9.17) is 15.2 Å². The van der Waals surface area contributed by atoms with Gasteiger partial charge in [0.2, 0.25) is 0 Å². The Hall–Kier alpha value is -1.81. The fourth-order valence-electron chi connectivity index (χ4n) is 1.82. The Morgan fingerprint density at radius 3 is 2.84 bits per heavy atom. The average molecular weight is 260 g/mol. The number of benzene rings is 1. The molecule has 0 atom stereocenters. The van der Waals surface area contributed by atoms with Crippen LogP contribution in [-0.4, -0.2) is 24.8 Å². The van der Waals surface area contributed by atoms with E-state index in [1.54, 1.807) is 6.20 Å². The zero-order valence-corrected chi connectivity index (χ0v) is 11.4. The van der Waals surface area contributed by atoms with E-state index in [0.29, 0.717) is 24.8 Å². The van der Waals surface area contributed by atoms with E-state index in [1.165, 1.54) is 0 Å².